The largest absolute Gasteiger partial charge is 0.356 e. The van der Waals surface area contributed by atoms with Gasteiger partial charge in [-0.15, -0.1) is 0 Å². The SMILES string of the molecule is CCCNC(=O)C1CCN(C(C)C(=O)N(C)Cc2cccc(F)c2)CC1. The molecule has 1 N–H and O–H groups in total. The molecular formula is C20H30FN3O2. The van der Waals surface area contributed by atoms with Gasteiger partial charge in [0.1, 0.15) is 5.82 Å². The fourth-order valence-corrected chi connectivity index (χ4v) is 3.40. The molecule has 1 aromatic rings. The van der Waals surface area contributed by atoms with Crippen LogP contribution in [0.15, 0.2) is 24.3 Å². The van der Waals surface area contributed by atoms with Crippen LogP contribution in [0.4, 0.5) is 4.39 Å². The van der Waals surface area contributed by atoms with Crippen molar-refractivity contribution in [3.05, 3.63) is 35.6 Å². The van der Waals surface area contributed by atoms with Gasteiger partial charge in [-0.2, -0.15) is 0 Å². The van der Waals surface area contributed by atoms with Crippen LogP contribution >= 0.6 is 0 Å². The van der Waals surface area contributed by atoms with E-state index < -0.39 is 0 Å². The lowest BCUT2D eigenvalue weighted by Gasteiger charge is -2.36. The molecule has 2 amide bonds. The number of hydrogen-bond donors (Lipinski definition) is 1. The number of amides is 2. The lowest BCUT2D eigenvalue weighted by molar-refractivity contribution is -0.136. The van der Waals surface area contributed by atoms with Crippen molar-refractivity contribution < 1.29 is 14.0 Å². The maximum Gasteiger partial charge on any atom is 0.239 e. The van der Waals surface area contributed by atoms with Crippen molar-refractivity contribution in [1.82, 2.24) is 15.1 Å². The lowest BCUT2D eigenvalue weighted by Crippen LogP contribution is -2.50. The fourth-order valence-electron chi connectivity index (χ4n) is 3.40. The van der Waals surface area contributed by atoms with Crippen molar-refractivity contribution in [3.63, 3.8) is 0 Å². The van der Waals surface area contributed by atoms with Gasteiger partial charge in [0, 0.05) is 26.1 Å². The molecule has 1 atom stereocenters. The summed E-state index contributed by atoms with van der Waals surface area (Å²) in [6.07, 6.45) is 2.50. The number of benzene rings is 1. The minimum Gasteiger partial charge on any atom is -0.356 e. The third kappa shape index (κ3) is 5.53. The zero-order valence-electron chi connectivity index (χ0n) is 16.0. The first-order chi connectivity index (χ1) is 12.4. The molecule has 2 rings (SSSR count). The summed E-state index contributed by atoms with van der Waals surface area (Å²) in [5, 5.41) is 2.96. The monoisotopic (exact) mass is 363 g/mol. The van der Waals surface area contributed by atoms with Crippen LogP contribution in [0.3, 0.4) is 0 Å². The van der Waals surface area contributed by atoms with E-state index in [4.69, 9.17) is 0 Å². The molecule has 6 heteroatoms. The van der Waals surface area contributed by atoms with Gasteiger partial charge in [-0.25, -0.2) is 4.39 Å². The van der Waals surface area contributed by atoms with Crippen molar-refractivity contribution in [3.8, 4) is 0 Å². The topological polar surface area (TPSA) is 52.7 Å². The molecule has 1 aliphatic heterocycles. The Morgan fingerprint density at radius 3 is 2.65 bits per heavy atom. The highest BCUT2D eigenvalue weighted by Crippen LogP contribution is 2.20. The molecule has 0 aromatic heterocycles. The Bertz CT molecular complexity index is 615. The average molecular weight is 363 g/mol. The van der Waals surface area contributed by atoms with E-state index >= 15 is 0 Å². The quantitative estimate of drug-likeness (QED) is 0.809. The number of hydrogen-bond acceptors (Lipinski definition) is 3. The second-order valence-electron chi connectivity index (χ2n) is 7.10. The van der Waals surface area contributed by atoms with Crippen LogP contribution in [0.25, 0.3) is 0 Å². The number of nitrogens with one attached hydrogen (secondary N) is 1. The van der Waals surface area contributed by atoms with E-state index in [2.05, 4.69) is 10.2 Å². The van der Waals surface area contributed by atoms with Crippen LogP contribution in [0.1, 0.15) is 38.7 Å². The zero-order chi connectivity index (χ0) is 19.1. The first-order valence-corrected chi connectivity index (χ1v) is 9.43. The van der Waals surface area contributed by atoms with Gasteiger partial charge >= 0.3 is 0 Å². The minimum atomic E-state index is -0.292. The van der Waals surface area contributed by atoms with Gasteiger partial charge in [0.15, 0.2) is 0 Å². The van der Waals surface area contributed by atoms with Crippen LogP contribution in [0.5, 0.6) is 0 Å². The Morgan fingerprint density at radius 2 is 2.04 bits per heavy atom. The summed E-state index contributed by atoms with van der Waals surface area (Å²) in [5.74, 6) is -0.0956. The van der Waals surface area contributed by atoms with Crippen molar-refractivity contribution in [2.75, 3.05) is 26.7 Å². The molecule has 1 aromatic carbocycles. The molecule has 0 radical (unpaired) electrons. The van der Waals surface area contributed by atoms with Crippen LogP contribution in [0.2, 0.25) is 0 Å². The summed E-state index contributed by atoms with van der Waals surface area (Å²) >= 11 is 0. The van der Waals surface area contributed by atoms with Crippen LogP contribution in [-0.4, -0.2) is 54.3 Å². The lowest BCUT2D eigenvalue weighted by atomic mass is 9.95. The summed E-state index contributed by atoms with van der Waals surface area (Å²) < 4.78 is 13.3. The van der Waals surface area contributed by atoms with Crippen molar-refractivity contribution in [1.29, 1.82) is 0 Å². The number of halogens is 1. The third-order valence-electron chi connectivity index (χ3n) is 5.04. The van der Waals surface area contributed by atoms with Crippen LogP contribution < -0.4 is 5.32 Å². The van der Waals surface area contributed by atoms with Gasteiger partial charge in [-0.3, -0.25) is 14.5 Å². The Balaban J connectivity index is 1.84. The first-order valence-electron chi connectivity index (χ1n) is 9.43. The molecule has 0 spiro atoms. The maximum absolute atomic E-state index is 13.3. The number of carbonyl (C=O) groups is 2. The predicted octanol–water partition coefficient (Wildman–Crippen LogP) is 2.41. The summed E-state index contributed by atoms with van der Waals surface area (Å²) in [5.41, 5.74) is 0.777. The zero-order valence-corrected chi connectivity index (χ0v) is 16.0. The number of carbonyl (C=O) groups excluding carboxylic acids is 2. The van der Waals surface area contributed by atoms with E-state index in [1.54, 1.807) is 18.0 Å². The number of rotatable bonds is 7. The molecule has 1 aliphatic rings. The minimum absolute atomic E-state index is 0.0168. The smallest absolute Gasteiger partial charge is 0.239 e. The van der Waals surface area contributed by atoms with E-state index in [1.807, 2.05) is 19.9 Å². The van der Waals surface area contributed by atoms with Crippen LogP contribution in [-0.2, 0) is 16.1 Å². The molecule has 0 aliphatic carbocycles. The summed E-state index contributed by atoms with van der Waals surface area (Å²) in [4.78, 5) is 28.5. The Morgan fingerprint density at radius 1 is 1.35 bits per heavy atom. The molecule has 0 bridgehead atoms. The van der Waals surface area contributed by atoms with Gasteiger partial charge in [0.05, 0.1) is 6.04 Å². The number of likely N-dealkylation sites (tertiary alicyclic amines) is 1. The molecule has 5 nitrogen and oxygen atoms in total. The number of likely N-dealkylation sites (N-methyl/N-ethyl adjacent to an activating group) is 1. The second kappa shape index (κ2) is 9.67. The second-order valence-corrected chi connectivity index (χ2v) is 7.10. The predicted molar refractivity (Wildman–Crippen MR) is 99.9 cm³/mol. The van der Waals surface area contributed by atoms with E-state index in [-0.39, 0.29) is 29.6 Å². The maximum atomic E-state index is 13.3. The first kappa shape index (κ1) is 20.4. The Hall–Kier alpha value is -1.95. The summed E-state index contributed by atoms with van der Waals surface area (Å²) in [6, 6.07) is 6.08. The molecule has 1 heterocycles. The standard InChI is InChI=1S/C20H30FN3O2/c1-4-10-22-19(25)17-8-11-24(12-9-17)15(2)20(26)23(3)14-16-6-5-7-18(21)13-16/h5-7,13,15,17H,4,8-12,14H2,1-3H3,(H,22,25). The highest BCUT2D eigenvalue weighted by atomic mass is 19.1. The molecule has 1 fully saturated rings. The van der Waals surface area contributed by atoms with Gasteiger partial charge < -0.3 is 10.2 Å². The number of piperidine rings is 1. The normalized spacial score (nSPS) is 16.9. The van der Waals surface area contributed by atoms with Crippen molar-refractivity contribution in [2.24, 2.45) is 5.92 Å². The molecule has 1 saturated heterocycles. The Labute approximate surface area is 155 Å². The molecule has 0 saturated carbocycles. The average Bonchev–Trinajstić information content (AvgIpc) is 2.65. The fraction of sp³-hybridized carbons (Fsp3) is 0.600. The molecule has 144 valence electrons. The third-order valence-corrected chi connectivity index (χ3v) is 5.04. The van der Waals surface area contributed by atoms with Crippen molar-refractivity contribution >= 4 is 11.8 Å². The van der Waals surface area contributed by atoms with E-state index in [0.29, 0.717) is 6.54 Å². The van der Waals surface area contributed by atoms with E-state index in [9.17, 15) is 14.0 Å². The van der Waals surface area contributed by atoms with Gasteiger partial charge in [-0.1, -0.05) is 19.1 Å². The van der Waals surface area contributed by atoms with Crippen LogP contribution in [0, 0.1) is 11.7 Å². The summed E-state index contributed by atoms with van der Waals surface area (Å²) in [6.45, 7) is 6.53. The highest BCUT2D eigenvalue weighted by molar-refractivity contribution is 5.81. The molecule has 26 heavy (non-hydrogen) atoms. The van der Waals surface area contributed by atoms with Gasteiger partial charge in [-0.05, 0) is 57.0 Å². The summed E-state index contributed by atoms with van der Waals surface area (Å²) in [7, 11) is 1.74. The highest BCUT2D eigenvalue weighted by Gasteiger charge is 2.30. The van der Waals surface area contributed by atoms with E-state index in [0.717, 1.165) is 44.5 Å². The molecule has 1 unspecified atom stereocenters. The van der Waals surface area contributed by atoms with Gasteiger partial charge in [0.25, 0.3) is 0 Å². The van der Waals surface area contributed by atoms with E-state index in [1.165, 1.54) is 12.1 Å². The Kier molecular flexibility index (Phi) is 7.57. The van der Waals surface area contributed by atoms with Crippen molar-refractivity contribution in [2.45, 2.75) is 45.7 Å². The van der Waals surface area contributed by atoms with Gasteiger partial charge in [0.2, 0.25) is 11.8 Å². The molecular weight excluding hydrogens is 333 g/mol. The number of nitrogens with zero attached hydrogens (tertiary/aromatic N) is 2.